The third kappa shape index (κ3) is 4.63. The fourth-order valence-electron chi connectivity index (χ4n) is 1.61. The Bertz CT molecular complexity index is 434. The first-order valence-electron chi connectivity index (χ1n) is 6.54. The molecule has 2 rings (SSSR count). The third-order valence-electron chi connectivity index (χ3n) is 2.85. The first-order chi connectivity index (χ1) is 9.22. The SMILES string of the molecule is C=C[C@@H]1C[C@@H]1C(=O)NSOc1ccccc1C.CC. The molecular weight excluding hydrogens is 258 g/mol. The van der Waals surface area contributed by atoms with Crippen molar-refractivity contribution in [2.24, 2.45) is 11.8 Å². The molecule has 1 aromatic rings. The molecule has 2 atom stereocenters. The standard InChI is InChI=1S/C13H15NO2S.C2H6/c1-3-10-8-11(10)13(15)14-17-16-12-7-5-4-6-9(12)2;1-2/h3-7,10-11H,1,8H2,2H3,(H,14,15);1-2H3/t10-,11+;/m1./s1. The summed E-state index contributed by atoms with van der Waals surface area (Å²) >= 11 is 0.976. The molecule has 0 heterocycles. The summed E-state index contributed by atoms with van der Waals surface area (Å²) in [7, 11) is 0. The van der Waals surface area contributed by atoms with Crippen LogP contribution in [0.3, 0.4) is 0 Å². The highest BCUT2D eigenvalue weighted by molar-refractivity contribution is 7.93. The van der Waals surface area contributed by atoms with E-state index in [4.69, 9.17) is 4.18 Å². The summed E-state index contributed by atoms with van der Waals surface area (Å²) < 4.78 is 8.11. The van der Waals surface area contributed by atoms with Gasteiger partial charge in [0.25, 0.3) is 0 Å². The highest BCUT2D eigenvalue weighted by atomic mass is 32.2. The van der Waals surface area contributed by atoms with Crippen molar-refractivity contribution in [1.82, 2.24) is 4.72 Å². The van der Waals surface area contributed by atoms with Crippen molar-refractivity contribution < 1.29 is 8.98 Å². The summed E-state index contributed by atoms with van der Waals surface area (Å²) in [6, 6.07) is 7.69. The lowest BCUT2D eigenvalue weighted by Crippen LogP contribution is -2.19. The lowest BCUT2D eigenvalue weighted by atomic mass is 10.2. The van der Waals surface area contributed by atoms with E-state index in [0.717, 1.165) is 30.0 Å². The van der Waals surface area contributed by atoms with Gasteiger partial charge >= 0.3 is 0 Å². The molecule has 0 aliphatic heterocycles. The molecule has 0 aromatic heterocycles. The van der Waals surface area contributed by atoms with Gasteiger partial charge in [-0.15, -0.1) is 6.58 Å². The van der Waals surface area contributed by atoms with Gasteiger partial charge in [0.15, 0.2) is 12.2 Å². The molecule has 19 heavy (non-hydrogen) atoms. The average molecular weight is 279 g/mol. The Morgan fingerprint density at radius 2 is 2.16 bits per heavy atom. The molecule has 0 unspecified atom stereocenters. The zero-order valence-electron chi connectivity index (χ0n) is 11.7. The van der Waals surface area contributed by atoms with Gasteiger partial charge in [0.1, 0.15) is 5.75 Å². The number of amides is 1. The number of allylic oxidation sites excluding steroid dienone is 1. The highest BCUT2D eigenvalue weighted by Gasteiger charge is 2.40. The Labute approximate surface area is 119 Å². The molecule has 1 aliphatic carbocycles. The van der Waals surface area contributed by atoms with Gasteiger partial charge in [-0.1, -0.05) is 38.1 Å². The number of carbonyl (C=O) groups excluding carboxylic acids is 1. The summed E-state index contributed by atoms with van der Waals surface area (Å²) in [6.45, 7) is 9.64. The van der Waals surface area contributed by atoms with Crippen molar-refractivity contribution in [2.75, 3.05) is 0 Å². The van der Waals surface area contributed by atoms with Crippen LogP contribution < -0.4 is 8.91 Å². The van der Waals surface area contributed by atoms with Gasteiger partial charge in [-0.2, -0.15) is 0 Å². The van der Waals surface area contributed by atoms with Crippen molar-refractivity contribution in [1.29, 1.82) is 0 Å². The number of carbonyl (C=O) groups is 1. The van der Waals surface area contributed by atoms with Crippen molar-refractivity contribution in [3.05, 3.63) is 42.5 Å². The minimum absolute atomic E-state index is 0.0217. The average Bonchev–Trinajstić information content (AvgIpc) is 3.23. The Morgan fingerprint density at radius 1 is 1.47 bits per heavy atom. The predicted octanol–water partition coefficient (Wildman–Crippen LogP) is 3.90. The van der Waals surface area contributed by atoms with E-state index in [1.165, 1.54) is 0 Å². The second kappa shape index (κ2) is 7.89. The number of benzene rings is 1. The van der Waals surface area contributed by atoms with Crippen LogP contribution in [0.4, 0.5) is 0 Å². The lowest BCUT2D eigenvalue weighted by Gasteiger charge is -2.06. The van der Waals surface area contributed by atoms with E-state index in [0.29, 0.717) is 5.92 Å². The second-order valence-corrected chi connectivity index (χ2v) is 4.68. The zero-order valence-corrected chi connectivity index (χ0v) is 12.5. The van der Waals surface area contributed by atoms with Crippen LogP contribution in [0.5, 0.6) is 5.75 Å². The number of hydrogen-bond donors (Lipinski definition) is 1. The van der Waals surface area contributed by atoms with Gasteiger partial charge in [0.05, 0.1) is 0 Å². The van der Waals surface area contributed by atoms with E-state index in [-0.39, 0.29) is 11.8 Å². The number of rotatable bonds is 5. The van der Waals surface area contributed by atoms with Gasteiger partial charge in [0.2, 0.25) is 5.91 Å². The largest absolute Gasteiger partial charge is 0.405 e. The molecule has 0 bridgehead atoms. The monoisotopic (exact) mass is 279 g/mol. The Balaban J connectivity index is 0.000000861. The minimum Gasteiger partial charge on any atom is -0.405 e. The van der Waals surface area contributed by atoms with Gasteiger partial charge < -0.3 is 4.18 Å². The molecule has 1 N–H and O–H groups in total. The minimum atomic E-state index is 0.0217. The Hall–Kier alpha value is -1.42. The normalized spacial score (nSPS) is 19.7. The maximum absolute atomic E-state index is 11.6. The molecule has 0 spiro atoms. The number of nitrogens with one attached hydrogen (secondary N) is 1. The van der Waals surface area contributed by atoms with Crippen LogP contribution in [0.2, 0.25) is 0 Å². The predicted molar refractivity (Wildman–Crippen MR) is 80.7 cm³/mol. The van der Waals surface area contributed by atoms with Crippen molar-refractivity contribution >= 4 is 18.1 Å². The topological polar surface area (TPSA) is 38.3 Å². The van der Waals surface area contributed by atoms with Crippen LogP contribution >= 0.6 is 12.2 Å². The van der Waals surface area contributed by atoms with E-state index in [1.807, 2.05) is 51.1 Å². The maximum Gasteiger partial charge on any atom is 0.236 e. The first-order valence-corrected chi connectivity index (χ1v) is 7.28. The Morgan fingerprint density at radius 3 is 2.74 bits per heavy atom. The summed E-state index contributed by atoms with van der Waals surface area (Å²) in [4.78, 5) is 11.6. The molecule has 1 amide bonds. The van der Waals surface area contributed by atoms with Crippen LogP contribution in [-0.4, -0.2) is 5.91 Å². The van der Waals surface area contributed by atoms with Gasteiger partial charge in [-0.05, 0) is 30.9 Å². The van der Waals surface area contributed by atoms with Crippen molar-refractivity contribution in [2.45, 2.75) is 27.2 Å². The second-order valence-electron chi connectivity index (χ2n) is 4.14. The van der Waals surface area contributed by atoms with Crippen molar-refractivity contribution in [3.63, 3.8) is 0 Å². The molecule has 0 saturated heterocycles. The number of para-hydroxylation sites is 1. The van der Waals surface area contributed by atoms with E-state index < -0.39 is 0 Å². The fraction of sp³-hybridized carbons (Fsp3) is 0.400. The van der Waals surface area contributed by atoms with Gasteiger partial charge in [-0.25, -0.2) is 0 Å². The van der Waals surface area contributed by atoms with Crippen LogP contribution in [0.15, 0.2) is 36.9 Å². The van der Waals surface area contributed by atoms with E-state index in [2.05, 4.69) is 11.3 Å². The molecule has 1 aromatic carbocycles. The van der Waals surface area contributed by atoms with Gasteiger partial charge in [0, 0.05) is 5.92 Å². The first kappa shape index (κ1) is 15.6. The molecule has 1 saturated carbocycles. The van der Waals surface area contributed by atoms with Crippen LogP contribution in [0.25, 0.3) is 0 Å². The molecule has 0 radical (unpaired) electrons. The van der Waals surface area contributed by atoms with Gasteiger partial charge in [-0.3, -0.25) is 9.52 Å². The summed E-state index contributed by atoms with van der Waals surface area (Å²) in [5.74, 6) is 1.22. The smallest absolute Gasteiger partial charge is 0.236 e. The van der Waals surface area contributed by atoms with Crippen molar-refractivity contribution in [3.8, 4) is 5.75 Å². The van der Waals surface area contributed by atoms with E-state index >= 15 is 0 Å². The molecule has 1 fully saturated rings. The number of aryl methyl sites for hydroxylation is 1. The molecule has 104 valence electrons. The molecular formula is C15H21NO2S. The quantitative estimate of drug-likeness (QED) is 0.504. The molecule has 1 aliphatic rings. The molecule has 4 heteroatoms. The maximum atomic E-state index is 11.6. The number of hydrogen-bond acceptors (Lipinski definition) is 3. The fourth-order valence-corrected chi connectivity index (χ4v) is 2.16. The van der Waals surface area contributed by atoms with Crippen LogP contribution in [0.1, 0.15) is 25.8 Å². The molecule has 3 nitrogen and oxygen atoms in total. The Kier molecular flexibility index (Phi) is 6.50. The van der Waals surface area contributed by atoms with E-state index in [9.17, 15) is 4.79 Å². The summed E-state index contributed by atoms with van der Waals surface area (Å²) in [5, 5.41) is 0. The summed E-state index contributed by atoms with van der Waals surface area (Å²) in [5.41, 5.74) is 1.05. The lowest BCUT2D eigenvalue weighted by molar-refractivity contribution is -0.120. The zero-order chi connectivity index (χ0) is 14.3. The van der Waals surface area contributed by atoms with Crippen LogP contribution in [0, 0.1) is 18.8 Å². The highest BCUT2D eigenvalue weighted by Crippen LogP contribution is 2.39. The third-order valence-corrected chi connectivity index (χ3v) is 3.39. The summed E-state index contributed by atoms with van der Waals surface area (Å²) in [6.07, 6.45) is 2.73. The van der Waals surface area contributed by atoms with E-state index in [1.54, 1.807) is 0 Å². The van der Waals surface area contributed by atoms with Crippen LogP contribution in [-0.2, 0) is 4.79 Å².